The predicted octanol–water partition coefficient (Wildman–Crippen LogP) is 1.64. The summed E-state index contributed by atoms with van der Waals surface area (Å²) in [5.74, 6) is 0.991. The molecular formula is C21H25N5O4. The molecule has 1 aromatic heterocycles. The fourth-order valence-corrected chi connectivity index (χ4v) is 3.02. The number of amidine groups is 1. The number of nitrogens with two attached hydrogens (primary N) is 1. The molecule has 1 saturated heterocycles. The van der Waals surface area contributed by atoms with Crippen LogP contribution >= 0.6 is 0 Å². The highest BCUT2D eigenvalue weighted by molar-refractivity contribution is 5.96. The zero-order chi connectivity index (χ0) is 21.3. The lowest BCUT2D eigenvalue weighted by Gasteiger charge is -2.31. The number of carbonyl (C=O) groups is 2. The van der Waals surface area contributed by atoms with Crippen LogP contribution in [-0.2, 0) is 14.4 Å². The summed E-state index contributed by atoms with van der Waals surface area (Å²) in [7, 11) is 0. The van der Waals surface area contributed by atoms with Gasteiger partial charge in [-0.2, -0.15) is 0 Å². The summed E-state index contributed by atoms with van der Waals surface area (Å²) in [4.78, 5) is 34.4. The molecule has 3 rings (SSSR count). The van der Waals surface area contributed by atoms with Crippen molar-refractivity contribution < 1.29 is 19.2 Å². The maximum absolute atomic E-state index is 12.0. The van der Waals surface area contributed by atoms with Gasteiger partial charge in [0.15, 0.2) is 12.4 Å². The molecule has 0 atom stereocenters. The van der Waals surface area contributed by atoms with Crippen molar-refractivity contribution in [3.63, 3.8) is 0 Å². The first-order valence-electron chi connectivity index (χ1n) is 9.71. The van der Waals surface area contributed by atoms with Gasteiger partial charge in [0.2, 0.25) is 11.8 Å². The number of nitrogens with one attached hydrogen (secondary N) is 1. The molecule has 2 amide bonds. The van der Waals surface area contributed by atoms with Crippen LogP contribution in [0.25, 0.3) is 0 Å². The van der Waals surface area contributed by atoms with Crippen LogP contribution in [0.4, 0.5) is 0 Å². The number of likely N-dealkylation sites (tertiary alicyclic amines) is 1. The predicted molar refractivity (Wildman–Crippen MR) is 111 cm³/mol. The van der Waals surface area contributed by atoms with E-state index >= 15 is 0 Å². The number of hydrogen-bond donors (Lipinski definition) is 2. The van der Waals surface area contributed by atoms with E-state index in [2.05, 4.69) is 15.5 Å². The molecule has 0 radical (unpaired) electrons. The number of amides is 2. The van der Waals surface area contributed by atoms with Gasteiger partial charge in [0, 0.05) is 43.9 Å². The van der Waals surface area contributed by atoms with Crippen LogP contribution < -0.4 is 15.8 Å². The average molecular weight is 411 g/mol. The number of piperidine rings is 1. The third-order valence-corrected chi connectivity index (χ3v) is 4.66. The Kier molecular flexibility index (Phi) is 7.20. The molecule has 0 bridgehead atoms. The molecule has 0 spiro atoms. The van der Waals surface area contributed by atoms with Crippen molar-refractivity contribution in [1.29, 1.82) is 0 Å². The quantitative estimate of drug-likeness (QED) is 0.406. The highest BCUT2D eigenvalue weighted by Gasteiger charge is 2.21. The second-order valence-corrected chi connectivity index (χ2v) is 6.90. The lowest BCUT2D eigenvalue weighted by molar-refractivity contribution is -0.130. The number of ether oxygens (including phenoxy) is 1. The van der Waals surface area contributed by atoms with E-state index in [0.717, 1.165) is 12.8 Å². The molecular weight excluding hydrogens is 386 g/mol. The van der Waals surface area contributed by atoms with Gasteiger partial charge in [-0.05, 0) is 31.0 Å². The third-order valence-electron chi connectivity index (χ3n) is 4.66. The van der Waals surface area contributed by atoms with Crippen LogP contribution in [0, 0.1) is 0 Å². The molecule has 1 aliphatic rings. The third kappa shape index (κ3) is 6.20. The van der Waals surface area contributed by atoms with Crippen LogP contribution in [0.15, 0.2) is 53.8 Å². The first-order valence-corrected chi connectivity index (χ1v) is 9.71. The zero-order valence-electron chi connectivity index (χ0n) is 16.8. The van der Waals surface area contributed by atoms with Gasteiger partial charge >= 0.3 is 0 Å². The van der Waals surface area contributed by atoms with E-state index in [1.807, 2.05) is 30.3 Å². The molecule has 9 nitrogen and oxygen atoms in total. The van der Waals surface area contributed by atoms with Gasteiger partial charge in [0.05, 0.1) is 0 Å². The minimum atomic E-state index is -0.280. The standard InChI is InChI=1S/C21H25N5O4/c1-15(27)26-11-9-17(10-12-26)24-19(28)14-29-25-21(22)16-7-8-20(23-13-16)30-18-5-3-2-4-6-18/h2-8,13,17H,9-12,14H2,1H3,(H2,22,25)(H,24,28). The summed E-state index contributed by atoms with van der Waals surface area (Å²) >= 11 is 0. The average Bonchev–Trinajstić information content (AvgIpc) is 2.75. The molecule has 3 N–H and O–H groups in total. The van der Waals surface area contributed by atoms with Crippen molar-refractivity contribution in [2.45, 2.75) is 25.8 Å². The van der Waals surface area contributed by atoms with Gasteiger partial charge in [-0.3, -0.25) is 9.59 Å². The molecule has 30 heavy (non-hydrogen) atoms. The Balaban J connectivity index is 1.42. The maximum atomic E-state index is 12.0. The highest BCUT2D eigenvalue weighted by atomic mass is 16.6. The summed E-state index contributed by atoms with van der Waals surface area (Å²) in [6.07, 6.45) is 2.96. The normalized spacial score (nSPS) is 14.8. The minimum Gasteiger partial charge on any atom is -0.439 e. The minimum absolute atomic E-state index is 0.0272. The summed E-state index contributed by atoms with van der Waals surface area (Å²) in [5.41, 5.74) is 6.44. The largest absolute Gasteiger partial charge is 0.439 e. The Bertz CT molecular complexity index is 878. The van der Waals surface area contributed by atoms with Crippen molar-refractivity contribution in [3.05, 3.63) is 54.2 Å². The molecule has 1 aromatic carbocycles. The molecule has 158 valence electrons. The number of hydrogen-bond acceptors (Lipinski definition) is 6. The number of aromatic nitrogens is 1. The van der Waals surface area contributed by atoms with Crippen LogP contribution in [-0.4, -0.2) is 53.3 Å². The van der Waals surface area contributed by atoms with E-state index in [1.165, 1.54) is 6.20 Å². The molecule has 2 heterocycles. The number of nitrogens with zero attached hydrogens (tertiary/aromatic N) is 3. The fourth-order valence-electron chi connectivity index (χ4n) is 3.02. The Labute approximate surface area is 174 Å². The second kappa shape index (κ2) is 10.2. The van der Waals surface area contributed by atoms with E-state index in [0.29, 0.717) is 30.3 Å². The second-order valence-electron chi connectivity index (χ2n) is 6.90. The fraction of sp³-hybridized carbons (Fsp3) is 0.333. The molecule has 9 heteroatoms. The first-order chi connectivity index (χ1) is 14.5. The SMILES string of the molecule is CC(=O)N1CCC(NC(=O)CO/N=C(/N)c2ccc(Oc3ccccc3)nc2)CC1. The summed E-state index contributed by atoms with van der Waals surface area (Å²) < 4.78 is 5.62. The molecule has 1 fully saturated rings. The van der Waals surface area contributed by atoms with Gasteiger partial charge in [-0.1, -0.05) is 23.4 Å². The Hall–Kier alpha value is -3.62. The molecule has 0 saturated carbocycles. The van der Waals surface area contributed by atoms with Crippen LogP contribution in [0.2, 0.25) is 0 Å². The van der Waals surface area contributed by atoms with Crippen molar-refractivity contribution >= 4 is 17.6 Å². The monoisotopic (exact) mass is 411 g/mol. The molecule has 2 aromatic rings. The molecule has 1 aliphatic heterocycles. The highest BCUT2D eigenvalue weighted by Crippen LogP contribution is 2.18. The van der Waals surface area contributed by atoms with Crippen LogP contribution in [0.1, 0.15) is 25.3 Å². The smallest absolute Gasteiger partial charge is 0.260 e. The van der Waals surface area contributed by atoms with Gasteiger partial charge in [0.25, 0.3) is 5.91 Å². The Morgan fingerprint density at radius 2 is 1.93 bits per heavy atom. The topological polar surface area (TPSA) is 119 Å². The summed E-state index contributed by atoms with van der Waals surface area (Å²) in [6, 6.07) is 12.7. The van der Waals surface area contributed by atoms with E-state index in [4.69, 9.17) is 15.3 Å². The molecule has 0 unspecified atom stereocenters. The number of rotatable bonds is 7. The lowest BCUT2D eigenvalue weighted by Crippen LogP contribution is -2.46. The van der Waals surface area contributed by atoms with Crippen molar-refractivity contribution in [3.8, 4) is 11.6 Å². The van der Waals surface area contributed by atoms with E-state index in [1.54, 1.807) is 24.0 Å². The van der Waals surface area contributed by atoms with E-state index in [9.17, 15) is 9.59 Å². The molecule has 0 aliphatic carbocycles. The Morgan fingerprint density at radius 3 is 2.57 bits per heavy atom. The van der Waals surface area contributed by atoms with Crippen LogP contribution in [0.5, 0.6) is 11.6 Å². The van der Waals surface area contributed by atoms with E-state index in [-0.39, 0.29) is 30.3 Å². The number of benzene rings is 1. The van der Waals surface area contributed by atoms with Crippen LogP contribution in [0.3, 0.4) is 0 Å². The van der Waals surface area contributed by atoms with Crippen molar-refractivity contribution in [2.75, 3.05) is 19.7 Å². The van der Waals surface area contributed by atoms with Gasteiger partial charge in [-0.25, -0.2) is 4.98 Å². The Morgan fingerprint density at radius 1 is 1.20 bits per heavy atom. The van der Waals surface area contributed by atoms with Crippen molar-refractivity contribution in [2.24, 2.45) is 10.9 Å². The number of para-hydroxylation sites is 1. The van der Waals surface area contributed by atoms with Gasteiger partial charge in [0.1, 0.15) is 5.75 Å². The number of pyridine rings is 1. The van der Waals surface area contributed by atoms with E-state index < -0.39 is 0 Å². The zero-order valence-corrected chi connectivity index (χ0v) is 16.8. The maximum Gasteiger partial charge on any atom is 0.260 e. The summed E-state index contributed by atoms with van der Waals surface area (Å²) in [5, 5.41) is 6.66. The van der Waals surface area contributed by atoms with Gasteiger partial charge < -0.3 is 25.5 Å². The number of oxime groups is 1. The van der Waals surface area contributed by atoms with Gasteiger partial charge in [-0.15, -0.1) is 0 Å². The number of carbonyl (C=O) groups excluding carboxylic acids is 2. The summed E-state index contributed by atoms with van der Waals surface area (Å²) in [6.45, 7) is 2.59. The van der Waals surface area contributed by atoms with Crippen molar-refractivity contribution in [1.82, 2.24) is 15.2 Å². The lowest BCUT2D eigenvalue weighted by atomic mass is 10.1. The first kappa shape index (κ1) is 21.1.